The van der Waals surface area contributed by atoms with Gasteiger partial charge in [-0.3, -0.25) is 4.18 Å². The molecule has 0 unspecified atom stereocenters. The lowest BCUT2D eigenvalue weighted by atomic mass is 9.89. The van der Waals surface area contributed by atoms with Crippen molar-refractivity contribution in [2.75, 3.05) is 24.3 Å². The maximum absolute atomic E-state index is 10.7. The molecule has 0 atom stereocenters. The lowest BCUT2D eigenvalue weighted by Crippen LogP contribution is -2.03. The van der Waals surface area contributed by atoms with E-state index in [4.69, 9.17) is 16.9 Å². The summed E-state index contributed by atoms with van der Waals surface area (Å²) in [5.74, 6) is 0. The Bertz CT molecular complexity index is 1210. The molecular formula is C33H47N3O3S. The Labute approximate surface area is 241 Å². The third-order valence-electron chi connectivity index (χ3n) is 6.71. The van der Waals surface area contributed by atoms with E-state index in [-0.39, 0.29) is 0 Å². The fraction of sp³-hybridized carbons (Fsp3) is 0.424. The van der Waals surface area contributed by atoms with Crippen molar-refractivity contribution in [3.05, 3.63) is 89.0 Å². The molecule has 1 aliphatic carbocycles. The summed E-state index contributed by atoms with van der Waals surface area (Å²) in [7, 11) is -3.23. The third kappa shape index (κ3) is 12.8. The average Bonchev–Trinajstić information content (AvgIpc) is 2.91. The van der Waals surface area contributed by atoms with Gasteiger partial charge in [-0.15, -0.1) is 0 Å². The zero-order valence-electron chi connectivity index (χ0n) is 24.4. The van der Waals surface area contributed by atoms with Gasteiger partial charge in [0.25, 0.3) is 10.1 Å². The molecule has 0 heterocycles. The van der Waals surface area contributed by atoms with E-state index in [2.05, 4.69) is 11.1 Å². The predicted octanol–water partition coefficient (Wildman–Crippen LogP) is 8.07. The van der Waals surface area contributed by atoms with Gasteiger partial charge in [0, 0.05) is 11.4 Å². The Morgan fingerprint density at radius 1 is 0.750 bits per heavy atom. The number of nitrogens with one attached hydrogen (secondary N) is 1. The highest BCUT2D eigenvalue weighted by Gasteiger charge is 2.13. The first-order valence-corrected chi connectivity index (χ1v) is 16.2. The van der Waals surface area contributed by atoms with Gasteiger partial charge in [-0.25, -0.2) is 0 Å². The molecule has 7 heteroatoms. The van der Waals surface area contributed by atoms with E-state index in [0.717, 1.165) is 58.3 Å². The van der Waals surface area contributed by atoms with Crippen molar-refractivity contribution in [2.45, 2.75) is 78.1 Å². The van der Waals surface area contributed by atoms with Crippen LogP contribution in [-0.2, 0) is 14.3 Å². The van der Waals surface area contributed by atoms with Crippen LogP contribution in [0.25, 0.3) is 5.57 Å². The summed E-state index contributed by atoms with van der Waals surface area (Å²) in [6.07, 6.45) is 19.4. The first kappa shape index (κ1) is 33.0. The zero-order chi connectivity index (χ0) is 29.4. The first-order valence-electron chi connectivity index (χ1n) is 14.4. The van der Waals surface area contributed by atoms with E-state index < -0.39 is 10.1 Å². The lowest BCUT2D eigenvalue weighted by molar-refractivity contribution is 0.309. The Morgan fingerprint density at radius 3 is 1.62 bits per heavy atom. The summed E-state index contributed by atoms with van der Waals surface area (Å²) >= 11 is 0. The van der Waals surface area contributed by atoms with Crippen LogP contribution in [0.1, 0.15) is 89.2 Å². The Kier molecular flexibility index (Phi) is 14.5. The van der Waals surface area contributed by atoms with E-state index in [1.807, 2.05) is 73.7 Å². The maximum atomic E-state index is 10.7. The summed E-state index contributed by atoms with van der Waals surface area (Å²) in [6.45, 7) is 4.53. The van der Waals surface area contributed by atoms with Crippen LogP contribution >= 0.6 is 0 Å². The highest BCUT2D eigenvalue weighted by atomic mass is 32.2. The molecule has 218 valence electrons. The van der Waals surface area contributed by atoms with Crippen LogP contribution in [0.4, 0.5) is 11.4 Å². The minimum absolute atomic E-state index is 0.343. The fourth-order valence-electron chi connectivity index (χ4n) is 4.42. The van der Waals surface area contributed by atoms with Crippen LogP contribution in [-0.4, -0.2) is 27.0 Å². The maximum Gasteiger partial charge on any atom is 0.264 e. The van der Waals surface area contributed by atoms with Crippen LogP contribution < -0.4 is 11.5 Å². The molecule has 2 aromatic carbocycles. The smallest absolute Gasteiger partial charge is 0.264 e. The van der Waals surface area contributed by atoms with Crippen LogP contribution in [0.15, 0.2) is 77.9 Å². The van der Waals surface area contributed by atoms with E-state index >= 15 is 0 Å². The van der Waals surface area contributed by atoms with E-state index in [1.54, 1.807) is 0 Å². The van der Waals surface area contributed by atoms with Gasteiger partial charge >= 0.3 is 0 Å². The van der Waals surface area contributed by atoms with Gasteiger partial charge in [0.05, 0.1) is 18.6 Å². The van der Waals surface area contributed by atoms with E-state index in [9.17, 15) is 8.42 Å². The SMILES string of the molecule is CC1=CC(=C(c2ccc(N)cc2)c2ccc(N)cc2)C=CC1=N.CCCCCCCCCCCCOS(C)(=O)=O. The number of nitrogen functional groups attached to an aromatic ring is 2. The molecule has 0 fully saturated rings. The molecule has 3 rings (SSSR count). The second-order valence-electron chi connectivity index (χ2n) is 10.4. The molecule has 5 N–H and O–H groups in total. The summed E-state index contributed by atoms with van der Waals surface area (Å²) < 4.78 is 26.0. The van der Waals surface area contributed by atoms with E-state index in [1.165, 1.54) is 51.4 Å². The summed E-state index contributed by atoms with van der Waals surface area (Å²) in [6, 6.07) is 15.7. The van der Waals surface area contributed by atoms with E-state index in [0.29, 0.717) is 12.3 Å². The fourth-order valence-corrected chi connectivity index (χ4v) is 4.84. The molecule has 0 saturated heterocycles. The number of anilines is 2. The molecule has 40 heavy (non-hydrogen) atoms. The molecule has 0 radical (unpaired) electrons. The molecule has 0 aliphatic heterocycles. The molecule has 0 amide bonds. The number of benzene rings is 2. The quantitative estimate of drug-likeness (QED) is 0.122. The van der Waals surface area contributed by atoms with Crippen LogP contribution in [0.5, 0.6) is 0 Å². The average molecular weight is 566 g/mol. The van der Waals surface area contributed by atoms with Crippen molar-refractivity contribution in [2.24, 2.45) is 0 Å². The minimum atomic E-state index is -3.23. The van der Waals surface area contributed by atoms with Crippen molar-refractivity contribution in [1.29, 1.82) is 5.41 Å². The molecule has 0 spiro atoms. The Morgan fingerprint density at radius 2 is 1.20 bits per heavy atom. The van der Waals surface area contributed by atoms with Gasteiger partial charge in [0.1, 0.15) is 0 Å². The van der Waals surface area contributed by atoms with Crippen molar-refractivity contribution >= 4 is 32.8 Å². The van der Waals surface area contributed by atoms with Crippen molar-refractivity contribution < 1.29 is 12.6 Å². The highest BCUT2D eigenvalue weighted by molar-refractivity contribution is 7.85. The number of hydrogen-bond acceptors (Lipinski definition) is 6. The second-order valence-corrected chi connectivity index (χ2v) is 12.0. The zero-order valence-corrected chi connectivity index (χ0v) is 25.2. The number of hydrogen-bond donors (Lipinski definition) is 3. The molecule has 0 aromatic heterocycles. The molecule has 6 nitrogen and oxygen atoms in total. The number of allylic oxidation sites excluding steroid dienone is 5. The van der Waals surface area contributed by atoms with Crippen molar-refractivity contribution in [1.82, 2.24) is 0 Å². The molecule has 1 aliphatic rings. The molecule has 2 aromatic rings. The minimum Gasteiger partial charge on any atom is -0.399 e. The van der Waals surface area contributed by atoms with Gasteiger partial charge in [-0.1, -0.05) is 95.1 Å². The normalized spacial score (nSPS) is 13.0. The van der Waals surface area contributed by atoms with Gasteiger partial charge in [-0.2, -0.15) is 8.42 Å². The largest absolute Gasteiger partial charge is 0.399 e. The number of nitrogens with two attached hydrogens (primary N) is 2. The second kappa shape index (κ2) is 17.5. The topological polar surface area (TPSA) is 119 Å². The van der Waals surface area contributed by atoms with Gasteiger partial charge < -0.3 is 16.9 Å². The summed E-state index contributed by atoms with van der Waals surface area (Å²) in [4.78, 5) is 0. The summed E-state index contributed by atoms with van der Waals surface area (Å²) in [5, 5.41) is 7.88. The van der Waals surface area contributed by atoms with Crippen LogP contribution in [0, 0.1) is 5.41 Å². The lowest BCUT2D eigenvalue weighted by Gasteiger charge is -2.16. The Balaban J connectivity index is 0.000000296. The molecule has 0 bridgehead atoms. The van der Waals surface area contributed by atoms with Crippen molar-refractivity contribution in [3.63, 3.8) is 0 Å². The van der Waals surface area contributed by atoms with Crippen LogP contribution in [0.2, 0.25) is 0 Å². The molecule has 0 saturated carbocycles. The summed E-state index contributed by atoms with van der Waals surface area (Å²) in [5.41, 5.74) is 19.0. The highest BCUT2D eigenvalue weighted by Crippen LogP contribution is 2.31. The number of unbranched alkanes of at least 4 members (excludes halogenated alkanes) is 9. The third-order valence-corrected chi connectivity index (χ3v) is 7.30. The Hall–Kier alpha value is -3.16. The first-order chi connectivity index (χ1) is 19.1. The van der Waals surface area contributed by atoms with Crippen molar-refractivity contribution in [3.8, 4) is 0 Å². The van der Waals surface area contributed by atoms with Crippen LogP contribution in [0.3, 0.4) is 0 Å². The standard InChI is InChI=1S/C20H19N3.C13H28O3S/c1-13-12-16(6-11-19(13)23)20(14-2-7-17(21)8-3-14)15-4-9-18(22)10-5-15;1-3-4-5-6-7-8-9-10-11-12-13-16-17(2,14)15/h2-12,23H,21-22H2,1H3;3-13H2,1-2H3. The predicted molar refractivity (Wildman–Crippen MR) is 171 cm³/mol. The van der Waals surface area contributed by atoms with Gasteiger partial charge in [0.2, 0.25) is 0 Å². The monoisotopic (exact) mass is 565 g/mol. The molecular weight excluding hydrogens is 518 g/mol. The van der Waals surface area contributed by atoms with Gasteiger partial charge in [0.15, 0.2) is 0 Å². The van der Waals surface area contributed by atoms with Gasteiger partial charge in [-0.05, 0) is 77.6 Å². The number of rotatable bonds is 14.